The van der Waals surface area contributed by atoms with Crippen LogP contribution in [-0.4, -0.2) is 35.4 Å². The van der Waals surface area contributed by atoms with Gasteiger partial charge in [0, 0.05) is 25.3 Å². The van der Waals surface area contributed by atoms with Gasteiger partial charge in [0.05, 0.1) is 5.69 Å². The highest BCUT2D eigenvalue weighted by Crippen LogP contribution is 2.28. The quantitative estimate of drug-likeness (QED) is 0.896. The minimum absolute atomic E-state index is 0.0213. The van der Waals surface area contributed by atoms with Crippen molar-refractivity contribution in [2.45, 2.75) is 37.6 Å². The summed E-state index contributed by atoms with van der Waals surface area (Å²) in [7, 11) is 0. The fourth-order valence-corrected chi connectivity index (χ4v) is 2.24. The third kappa shape index (κ3) is 4.39. The van der Waals surface area contributed by atoms with E-state index in [1.54, 1.807) is 0 Å². The Morgan fingerprint density at radius 2 is 2.05 bits per heavy atom. The van der Waals surface area contributed by atoms with Crippen LogP contribution in [0.1, 0.15) is 37.3 Å². The van der Waals surface area contributed by atoms with E-state index in [4.69, 9.17) is 4.74 Å². The molecule has 1 aromatic heterocycles. The highest BCUT2D eigenvalue weighted by molar-refractivity contribution is 5.15. The Morgan fingerprint density at radius 3 is 2.67 bits per heavy atom. The summed E-state index contributed by atoms with van der Waals surface area (Å²) in [4.78, 5) is 3.49. The first-order valence-electron chi connectivity index (χ1n) is 6.85. The van der Waals surface area contributed by atoms with Gasteiger partial charge in [0.2, 0.25) is 0 Å². The number of aromatic nitrogens is 1. The second-order valence-electron chi connectivity index (χ2n) is 5.52. The van der Waals surface area contributed by atoms with Crippen LogP contribution in [0.3, 0.4) is 0 Å². The third-order valence-corrected chi connectivity index (χ3v) is 3.72. The normalized spacial score (nSPS) is 20.2. The van der Waals surface area contributed by atoms with E-state index in [-0.39, 0.29) is 17.8 Å². The lowest BCUT2D eigenvalue weighted by Crippen LogP contribution is -2.48. The molecule has 2 N–H and O–H groups in total. The monoisotopic (exact) mass is 304 g/mol. The molecule has 1 unspecified atom stereocenters. The van der Waals surface area contributed by atoms with Gasteiger partial charge in [0.25, 0.3) is 0 Å². The van der Waals surface area contributed by atoms with Gasteiger partial charge in [-0.2, -0.15) is 13.2 Å². The van der Waals surface area contributed by atoms with E-state index in [9.17, 15) is 18.3 Å². The first-order chi connectivity index (χ1) is 9.80. The van der Waals surface area contributed by atoms with Crippen LogP contribution in [0.25, 0.3) is 0 Å². The average Bonchev–Trinajstić information content (AvgIpc) is 2.45. The van der Waals surface area contributed by atoms with Crippen molar-refractivity contribution in [1.82, 2.24) is 10.3 Å². The lowest BCUT2D eigenvalue weighted by atomic mass is 9.92. The molecule has 1 aliphatic heterocycles. The van der Waals surface area contributed by atoms with E-state index >= 15 is 0 Å². The molecule has 1 saturated heterocycles. The maximum absolute atomic E-state index is 12.6. The molecular formula is C14H19F3N2O2. The SMILES string of the molecule is CC1(NCC(O)c2cccc(C(F)(F)F)n2)CCOCC1. The number of pyridine rings is 1. The molecule has 0 aliphatic carbocycles. The van der Waals surface area contributed by atoms with Gasteiger partial charge in [0.1, 0.15) is 11.8 Å². The number of alkyl halides is 3. The van der Waals surface area contributed by atoms with Gasteiger partial charge >= 0.3 is 6.18 Å². The molecule has 21 heavy (non-hydrogen) atoms. The molecule has 4 nitrogen and oxygen atoms in total. The molecule has 1 atom stereocenters. The summed E-state index contributed by atoms with van der Waals surface area (Å²) >= 11 is 0. The molecule has 7 heteroatoms. The van der Waals surface area contributed by atoms with Gasteiger partial charge < -0.3 is 15.2 Å². The molecule has 2 rings (SSSR count). The number of aliphatic hydroxyl groups excluding tert-OH is 1. The van der Waals surface area contributed by atoms with Gasteiger partial charge in [0.15, 0.2) is 0 Å². The number of ether oxygens (including phenoxy) is 1. The van der Waals surface area contributed by atoms with Gasteiger partial charge in [-0.15, -0.1) is 0 Å². The Hall–Kier alpha value is -1.18. The third-order valence-electron chi connectivity index (χ3n) is 3.72. The van der Waals surface area contributed by atoms with Crippen LogP contribution in [-0.2, 0) is 10.9 Å². The standard InChI is InChI=1S/C14H19F3N2O2/c1-13(5-7-21-8-6-13)18-9-11(20)10-3-2-4-12(19-10)14(15,16)17/h2-4,11,18,20H,5-9H2,1H3. The molecular weight excluding hydrogens is 285 g/mol. The fraction of sp³-hybridized carbons (Fsp3) is 0.643. The van der Waals surface area contributed by atoms with E-state index in [0.29, 0.717) is 13.2 Å². The van der Waals surface area contributed by atoms with Crippen LogP contribution in [0.15, 0.2) is 18.2 Å². The zero-order valence-corrected chi connectivity index (χ0v) is 11.8. The van der Waals surface area contributed by atoms with Crippen molar-refractivity contribution in [3.05, 3.63) is 29.6 Å². The number of nitrogens with zero attached hydrogens (tertiary/aromatic N) is 1. The van der Waals surface area contributed by atoms with Crippen LogP contribution in [0.4, 0.5) is 13.2 Å². The van der Waals surface area contributed by atoms with Crippen LogP contribution >= 0.6 is 0 Å². The Labute approximate surface area is 121 Å². The molecule has 0 amide bonds. The highest BCUT2D eigenvalue weighted by Gasteiger charge is 2.33. The molecule has 118 valence electrons. The molecule has 0 radical (unpaired) electrons. The molecule has 0 spiro atoms. The zero-order valence-electron chi connectivity index (χ0n) is 11.8. The summed E-state index contributed by atoms with van der Waals surface area (Å²) in [6.45, 7) is 3.45. The van der Waals surface area contributed by atoms with Crippen LogP contribution in [0, 0.1) is 0 Å². The second kappa shape index (κ2) is 6.29. The Bertz CT molecular complexity index is 474. The van der Waals surface area contributed by atoms with Crippen molar-refractivity contribution in [2.75, 3.05) is 19.8 Å². The van der Waals surface area contributed by atoms with Crippen LogP contribution in [0.5, 0.6) is 0 Å². The number of aliphatic hydroxyl groups is 1. The van der Waals surface area contributed by atoms with Crippen LogP contribution < -0.4 is 5.32 Å². The second-order valence-corrected chi connectivity index (χ2v) is 5.52. The van der Waals surface area contributed by atoms with E-state index in [1.807, 2.05) is 6.92 Å². The number of halogens is 3. The minimum Gasteiger partial charge on any atom is -0.385 e. The first kappa shape index (κ1) is 16.2. The van der Waals surface area contributed by atoms with Crippen LogP contribution in [0.2, 0.25) is 0 Å². The van der Waals surface area contributed by atoms with Crippen molar-refractivity contribution in [1.29, 1.82) is 0 Å². The lowest BCUT2D eigenvalue weighted by molar-refractivity contribution is -0.141. The Kier molecular flexibility index (Phi) is 4.85. The summed E-state index contributed by atoms with van der Waals surface area (Å²) in [6, 6.07) is 3.54. The molecule has 2 heterocycles. The molecule has 1 fully saturated rings. The number of hydrogen-bond acceptors (Lipinski definition) is 4. The van der Waals surface area contributed by atoms with Gasteiger partial charge in [-0.1, -0.05) is 6.07 Å². The molecule has 1 aliphatic rings. The van der Waals surface area contributed by atoms with E-state index in [2.05, 4.69) is 10.3 Å². The van der Waals surface area contributed by atoms with Gasteiger partial charge in [-0.05, 0) is 31.9 Å². The van der Waals surface area contributed by atoms with Crippen molar-refractivity contribution < 1.29 is 23.0 Å². The van der Waals surface area contributed by atoms with Crippen molar-refractivity contribution in [3.8, 4) is 0 Å². The maximum atomic E-state index is 12.6. The summed E-state index contributed by atoms with van der Waals surface area (Å²) in [5.74, 6) is 0. The summed E-state index contributed by atoms with van der Waals surface area (Å²) in [6.07, 6.45) is -3.98. The number of hydrogen-bond donors (Lipinski definition) is 2. The molecule has 0 bridgehead atoms. The largest absolute Gasteiger partial charge is 0.433 e. The average molecular weight is 304 g/mol. The Balaban J connectivity index is 1.98. The number of β-amino-alcohol motifs (C(OH)–C–C–N with tert-alkyl or cyclic N) is 1. The lowest BCUT2D eigenvalue weighted by Gasteiger charge is -2.35. The predicted molar refractivity (Wildman–Crippen MR) is 70.7 cm³/mol. The topological polar surface area (TPSA) is 54.4 Å². The van der Waals surface area contributed by atoms with Gasteiger partial charge in [-0.25, -0.2) is 4.98 Å². The fourth-order valence-electron chi connectivity index (χ4n) is 2.24. The van der Waals surface area contributed by atoms with E-state index in [0.717, 1.165) is 18.9 Å². The predicted octanol–water partition coefficient (Wildman–Crippen LogP) is 2.29. The number of rotatable bonds is 4. The summed E-state index contributed by atoms with van der Waals surface area (Å²) in [5, 5.41) is 13.2. The summed E-state index contributed by atoms with van der Waals surface area (Å²) < 4.78 is 43.1. The van der Waals surface area contributed by atoms with E-state index < -0.39 is 18.0 Å². The molecule has 0 aromatic carbocycles. The maximum Gasteiger partial charge on any atom is 0.433 e. The van der Waals surface area contributed by atoms with Crippen molar-refractivity contribution in [2.24, 2.45) is 0 Å². The minimum atomic E-state index is -4.50. The summed E-state index contributed by atoms with van der Waals surface area (Å²) in [5.41, 5.74) is -1.13. The number of nitrogens with one attached hydrogen (secondary N) is 1. The molecule has 1 aromatic rings. The van der Waals surface area contributed by atoms with Crippen molar-refractivity contribution >= 4 is 0 Å². The van der Waals surface area contributed by atoms with Crippen molar-refractivity contribution in [3.63, 3.8) is 0 Å². The zero-order chi connectivity index (χ0) is 15.5. The molecule has 0 saturated carbocycles. The Morgan fingerprint density at radius 1 is 1.38 bits per heavy atom. The van der Waals surface area contributed by atoms with E-state index in [1.165, 1.54) is 12.1 Å². The highest BCUT2D eigenvalue weighted by atomic mass is 19.4. The smallest absolute Gasteiger partial charge is 0.385 e. The first-order valence-corrected chi connectivity index (χ1v) is 6.85. The van der Waals surface area contributed by atoms with Gasteiger partial charge in [-0.3, -0.25) is 0 Å².